The van der Waals surface area contributed by atoms with Gasteiger partial charge >= 0.3 is 6.18 Å². The molecule has 2 aromatic rings. The maximum Gasteiger partial charge on any atom is 0.433 e. The van der Waals surface area contributed by atoms with Gasteiger partial charge in [-0.3, -0.25) is 4.79 Å². The van der Waals surface area contributed by atoms with Crippen LogP contribution in [0.15, 0.2) is 36.5 Å². The number of nitrogens with two attached hydrogens (primary N) is 1. The molecular weight excluding hydrogens is 373 g/mol. The highest BCUT2D eigenvalue weighted by Gasteiger charge is 2.35. The summed E-state index contributed by atoms with van der Waals surface area (Å²) in [6, 6.07) is 5.36. The average molecular weight is 390 g/mol. The average Bonchev–Trinajstić information content (AvgIpc) is 3.02. The van der Waals surface area contributed by atoms with E-state index in [-0.39, 0.29) is 17.9 Å². The summed E-state index contributed by atoms with van der Waals surface area (Å²) in [6.07, 6.45) is -2.50. The highest BCUT2D eigenvalue weighted by atomic mass is 32.2. The first-order valence-corrected chi connectivity index (χ1v) is 9.49. The number of amides is 1. The number of rotatable bonds is 6. The third kappa shape index (κ3) is 5.30. The number of sulfone groups is 1. The van der Waals surface area contributed by atoms with Crippen LogP contribution in [0.2, 0.25) is 0 Å². The highest BCUT2D eigenvalue weighted by Crippen LogP contribution is 2.30. The zero-order valence-corrected chi connectivity index (χ0v) is 14.5. The minimum atomic E-state index is -4.55. The summed E-state index contributed by atoms with van der Waals surface area (Å²) in [5, 5.41) is 6.14. The van der Waals surface area contributed by atoms with Crippen molar-refractivity contribution in [3.63, 3.8) is 0 Å². The lowest BCUT2D eigenvalue weighted by molar-refractivity contribution is -0.142. The standard InChI is InChI=1S/C15H17F3N4O3S/c1-26(24,25)9-7-12(19)14(23)21-10-2-4-11(5-3-10)22-13(6-8-20-22)15(16,17)18/h2-6,8,12H,7,9,19H2,1H3,(H,21,23). The molecule has 26 heavy (non-hydrogen) atoms. The molecule has 1 aromatic carbocycles. The second kappa shape index (κ2) is 7.46. The molecule has 0 aliphatic rings. The molecule has 0 aliphatic heterocycles. The Bertz CT molecular complexity index is 876. The van der Waals surface area contributed by atoms with Gasteiger partial charge in [0, 0.05) is 11.9 Å². The summed E-state index contributed by atoms with van der Waals surface area (Å²) in [5.74, 6) is -0.809. The van der Waals surface area contributed by atoms with Crippen molar-refractivity contribution >= 4 is 21.4 Å². The molecule has 11 heteroatoms. The number of nitrogens with one attached hydrogen (secondary N) is 1. The van der Waals surface area contributed by atoms with Crippen molar-refractivity contribution in [1.82, 2.24) is 9.78 Å². The fourth-order valence-electron chi connectivity index (χ4n) is 2.12. The molecule has 1 unspecified atom stereocenters. The number of benzene rings is 1. The van der Waals surface area contributed by atoms with Crippen molar-refractivity contribution in [3.05, 3.63) is 42.2 Å². The minimum absolute atomic E-state index is 0.0367. The second-order valence-corrected chi connectivity index (χ2v) is 7.95. The van der Waals surface area contributed by atoms with Crippen molar-refractivity contribution in [1.29, 1.82) is 0 Å². The van der Waals surface area contributed by atoms with E-state index in [0.717, 1.165) is 23.2 Å². The van der Waals surface area contributed by atoms with E-state index in [1.165, 1.54) is 24.3 Å². The number of anilines is 1. The van der Waals surface area contributed by atoms with Gasteiger partial charge in [0.15, 0.2) is 0 Å². The van der Waals surface area contributed by atoms with Crippen LogP contribution in [0.4, 0.5) is 18.9 Å². The molecule has 0 saturated heterocycles. The SMILES string of the molecule is CS(=O)(=O)CCC(N)C(=O)Nc1ccc(-n2nccc2C(F)(F)F)cc1. The molecule has 0 fully saturated rings. The lowest BCUT2D eigenvalue weighted by atomic mass is 10.2. The van der Waals surface area contributed by atoms with Crippen molar-refractivity contribution < 1.29 is 26.4 Å². The second-order valence-electron chi connectivity index (χ2n) is 5.69. The van der Waals surface area contributed by atoms with Gasteiger partial charge in [-0.2, -0.15) is 18.3 Å². The number of hydrogen-bond acceptors (Lipinski definition) is 5. The van der Waals surface area contributed by atoms with Crippen LogP contribution in [0.1, 0.15) is 12.1 Å². The zero-order chi connectivity index (χ0) is 19.5. The van der Waals surface area contributed by atoms with Crippen molar-refractivity contribution in [2.45, 2.75) is 18.6 Å². The monoisotopic (exact) mass is 390 g/mol. The summed E-state index contributed by atoms with van der Waals surface area (Å²) in [5.41, 5.74) is 5.19. The number of hydrogen-bond donors (Lipinski definition) is 2. The van der Waals surface area contributed by atoms with Crippen LogP contribution in [0.3, 0.4) is 0 Å². The Morgan fingerprint density at radius 2 is 1.88 bits per heavy atom. The molecule has 7 nitrogen and oxygen atoms in total. The number of alkyl halides is 3. The molecule has 1 amide bonds. The van der Waals surface area contributed by atoms with Crippen LogP contribution in [-0.2, 0) is 20.8 Å². The Kier molecular flexibility index (Phi) is 5.71. The molecule has 0 saturated carbocycles. The van der Waals surface area contributed by atoms with Crippen molar-refractivity contribution in [2.24, 2.45) is 5.73 Å². The largest absolute Gasteiger partial charge is 0.433 e. The highest BCUT2D eigenvalue weighted by molar-refractivity contribution is 7.90. The fraction of sp³-hybridized carbons (Fsp3) is 0.333. The first-order chi connectivity index (χ1) is 12.0. The third-order valence-corrected chi connectivity index (χ3v) is 4.43. The Hall–Kier alpha value is -2.40. The van der Waals surface area contributed by atoms with Gasteiger partial charge in [0.1, 0.15) is 15.5 Å². The lowest BCUT2D eigenvalue weighted by Gasteiger charge is -2.13. The Morgan fingerprint density at radius 3 is 2.42 bits per heavy atom. The minimum Gasteiger partial charge on any atom is -0.325 e. The van der Waals surface area contributed by atoms with E-state index in [2.05, 4.69) is 10.4 Å². The topological polar surface area (TPSA) is 107 Å². The quantitative estimate of drug-likeness (QED) is 0.779. The third-order valence-electron chi connectivity index (χ3n) is 3.45. The van der Waals surface area contributed by atoms with Crippen LogP contribution in [0.5, 0.6) is 0 Å². The maximum absolute atomic E-state index is 12.9. The van der Waals surface area contributed by atoms with Crippen LogP contribution in [-0.4, -0.2) is 42.2 Å². The first-order valence-electron chi connectivity index (χ1n) is 7.43. The molecule has 0 spiro atoms. The van der Waals surface area contributed by atoms with Crippen LogP contribution in [0, 0.1) is 0 Å². The van der Waals surface area contributed by atoms with E-state index < -0.39 is 33.7 Å². The molecule has 2 rings (SSSR count). The maximum atomic E-state index is 12.9. The predicted molar refractivity (Wildman–Crippen MR) is 89.5 cm³/mol. The Morgan fingerprint density at radius 1 is 1.27 bits per heavy atom. The summed E-state index contributed by atoms with van der Waals surface area (Å²) in [6.45, 7) is 0. The van der Waals surface area contributed by atoms with E-state index >= 15 is 0 Å². The van der Waals surface area contributed by atoms with E-state index in [1.807, 2.05) is 0 Å². The summed E-state index contributed by atoms with van der Waals surface area (Å²) in [7, 11) is -3.23. The molecule has 1 aromatic heterocycles. The van der Waals surface area contributed by atoms with E-state index in [0.29, 0.717) is 5.69 Å². The van der Waals surface area contributed by atoms with E-state index in [4.69, 9.17) is 5.73 Å². The number of carbonyl (C=O) groups is 1. The smallest absolute Gasteiger partial charge is 0.325 e. The van der Waals surface area contributed by atoms with Gasteiger partial charge in [0.05, 0.1) is 23.7 Å². The molecule has 142 valence electrons. The number of nitrogens with zero attached hydrogens (tertiary/aromatic N) is 2. The van der Waals surface area contributed by atoms with Crippen molar-refractivity contribution in [3.8, 4) is 5.69 Å². The van der Waals surface area contributed by atoms with E-state index in [1.54, 1.807) is 0 Å². The van der Waals surface area contributed by atoms with Crippen LogP contribution in [0.25, 0.3) is 5.69 Å². The molecule has 1 heterocycles. The lowest BCUT2D eigenvalue weighted by Crippen LogP contribution is -2.37. The fourth-order valence-corrected chi connectivity index (χ4v) is 2.80. The van der Waals surface area contributed by atoms with Gasteiger partial charge in [-0.1, -0.05) is 0 Å². The number of carbonyl (C=O) groups excluding carboxylic acids is 1. The van der Waals surface area contributed by atoms with Crippen LogP contribution < -0.4 is 11.1 Å². The summed E-state index contributed by atoms with van der Waals surface area (Å²) < 4.78 is 61.6. The predicted octanol–water partition coefficient (Wildman–Crippen LogP) is 1.59. The Balaban J connectivity index is 2.06. The summed E-state index contributed by atoms with van der Waals surface area (Å²) >= 11 is 0. The van der Waals surface area contributed by atoms with Gasteiger partial charge in [-0.05, 0) is 36.8 Å². The number of aromatic nitrogens is 2. The molecular formula is C15H17F3N4O3S. The molecule has 0 bridgehead atoms. The molecule has 0 radical (unpaired) electrons. The normalized spacial score (nSPS) is 13.4. The van der Waals surface area contributed by atoms with Gasteiger partial charge in [-0.25, -0.2) is 13.1 Å². The summed E-state index contributed by atoms with van der Waals surface area (Å²) in [4.78, 5) is 11.9. The van der Waals surface area contributed by atoms with Gasteiger partial charge < -0.3 is 11.1 Å². The van der Waals surface area contributed by atoms with Crippen LogP contribution >= 0.6 is 0 Å². The van der Waals surface area contributed by atoms with Gasteiger partial charge in [0.2, 0.25) is 5.91 Å². The van der Waals surface area contributed by atoms with Crippen molar-refractivity contribution in [2.75, 3.05) is 17.3 Å². The zero-order valence-electron chi connectivity index (χ0n) is 13.7. The Labute approximate surface area is 147 Å². The molecule has 0 aliphatic carbocycles. The van der Waals surface area contributed by atoms with Gasteiger partial charge in [0.25, 0.3) is 0 Å². The molecule has 3 N–H and O–H groups in total. The molecule has 1 atom stereocenters. The van der Waals surface area contributed by atoms with Gasteiger partial charge in [-0.15, -0.1) is 0 Å². The van der Waals surface area contributed by atoms with E-state index in [9.17, 15) is 26.4 Å². The number of halogens is 3. The first kappa shape index (κ1) is 19.9.